The molecule has 0 amide bonds. The molecule has 1 aromatic carbocycles. The highest BCUT2D eigenvalue weighted by molar-refractivity contribution is 5.93. The molecule has 1 aromatic rings. The van der Waals surface area contributed by atoms with E-state index in [9.17, 15) is 88.6 Å². The first-order valence-corrected chi connectivity index (χ1v) is 10.6. The van der Waals surface area contributed by atoms with Gasteiger partial charge in [0.05, 0.1) is 11.1 Å². The van der Waals surface area contributed by atoms with Gasteiger partial charge in [-0.25, -0.2) is 9.59 Å². The number of carbonyl (C=O) groups excluding carboxylic acids is 2. The number of ether oxygens (including phenoxy) is 4. The maximum Gasteiger partial charge on any atom is 0.428 e. The first kappa shape index (κ1) is 35.3. The SMILES string of the molecule is O=C(OCC(F)(F)C1(F)OC(F)(F)C(F)(F)C1(F)F)c1ccc(C(=O)OCC(F)(F)C2(F)OC(F)(F)C(F)(F)C2(F)F)cc1. The van der Waals surface area contributed by atoms with E-state index < -0.39 is 95.7 Å². The van der Waals surface area contributed by atoms with Crippen molar-refractivity contribution in [3.8, 4) is 0 Å². The monoisotopic (exact) mass is 686 g/mol. The third kappa shape index (κ3) is 4.52. The smallest absolute Gasteiger partial charge is 0.428 e. The molecule has 0 aromatic heterocycles. The van der Waals surface area contributed by atoms with Crippen LogP contribution in [0, 0.1) is 0 Å². The lowest BCUT2D eigenvalue weighted by Crippen LogP contribution is -2.61. The van der Waals surface area contributed by atoms with E-state index in [4.69, 9.17) is 0 Å². The molecule has 0 spiro atoms. The predicted molar refractivity (Wildman–Crippen MR) is 96.4 cm³/mol. The molecule has 2 saturated heterocycles. The van der Waals surface area contributed by atoms with Gasteiger partial charge in [0.15, 0.2) is 13.2 Å². The molecule has 250 valence electrons. The Bertz CT molecular complexity index is 1220. The maximum absolute atomic E-state index is 14.1. The van der Waals surface area contributed by atoms with Gasteiger partial charge in [0.1, 0.15) is 0 Å². The molecule has 0 bridgehead atoms. The summed E-state index contributed by atoms with van der Waals surface area (Å²) in [6.07, 6.45) is -12.9. The molecular weight excluding hydrogens is 678 g/mol. The van der Waals surface area contributed by atoms with Crippen molar-refractivity contribution in [2.75, 3.05) is 13.2 Å². The van der Waals surface area contributed by atoms with Crippen LogP contribution >= 0.6 is 0 Å². The lowest BCUT2D eigenvalue weighted by Gasteiger charge is -2.32. The van der Waals surface area contributed by atoms with Crippen LogP contribution in [0.15, 0.2) is 24.3 Å². The number of hydrogen-bond acceptors (Lipinski definition) is 6. The molecule has 24 heteroatoms. The van der Waals surface area contributed by atoms with Crippen LogP contribution in [0.3, 0.4) is 0 Å². The van der Waals surface area contributed by atoms with Crippen LogP contribution in [0.4, 0.5) is 79.0 Å². The van der Waals surface area contributed by atoms with Crippen molar-refractivity contribution in [2.45, 2.75) is 59.5 Å². The number of hydrogen-bond donors (Lipinski definition) is 0. The summed E-state index contributed by atoms with van der Waals surface area (Å²) in [5, 5.41) is 0. The van der Waals surface area contributed by atoms with E-state index in [1.165, 1.54) is 0 Å². The molecule has 0 aliphatic carbocycles. The number of alkyl halides is 18. The zero-order valence-corrected chi connectivity index (χ0v) is 20.0. The number of rotatable bonds is 8. The minimum atomic E-state index is -6.89. The Morgan fingerprint density at radius 2 is 0.773 bits per heavy atom. The zero-order valence-electron chi connectivity index (χ0n) is 20.0. The molecule has 2 unspecified atom stereocenters. The minimum Gasteiger partial charge on any atom is -0.455 e. The molecule has 0 radical (unpaired) electrons. The average Bonchev–Trinajstić information content (AvgIpc) is 3.05. The molecule has 3 rings (SSSR count). The summed E-state index contributed by atoms with van der Waals surface area (Å²) in [5.41, 5.74) is -2.06. The predicted octanol–water partition coefficient (Wildman–Crippen LogP) is 6.39. The van der Waals surface area contributed by atoms with E-state index >= 15 is 0 Å². The van der Waals surface area contributed by atoms with Gasteiger partial charge in [-0.1, -0.05) is 0 Å². The van der Waals surface area contributed by atoms with Crippen molar-refractivity contribution in [1.29, 1.82) is 0 Å². The summed E-state index contributed by atoms with van der Waals surface area (Å²) >= 11 is 0. The van der Waals surface area contributed by atoms with E-state index in [0.717, 1.165) is 0 Å². The second-order valence-electron chi connectivity index (χ2n) is 8.86. The van der Waals surface area contributed by atoms with Gasteiger partial charge in [0, 0.05) is 0 Å². The first-order valence-electron chi connectivity index (χ1n) is 10.6. The summed E-state index contributed by atoms with van der Waals surface area (Å²) in [6.45, 7) is -5.89. The van der Waals surface area contributed by atoms with Crippen LogP contribution in [0.2, 0.25) is 0 Å². The van der Waals surface area contributed by atoms with Gasteiger partial charge in [-0.3, -0.25) is 9.47 Å². The van der Waals surface area contributed by atoms with Crippen molar-refractivity contribution in [3.05, 3.63) is 35.4 Å². The third-order valence-electron chi connectivity index (χ3n) is 5.93. The Hall–Kier alpha value is -3.18. The van der Waals surface area contributed by atoms with E-state index in [1.807, 2.05) is 0 Å². The molecule has 0 N–H and O–H groups in total. The highest BCUT2D eigenvalue weighted by Crippen LogP contribution is 2.65. The molecule has 2 fully saturated rings. The van der Waals surface area contributed by atoms with Crippen LogP contribution in [0.5, 0.6) is 0 Å². The highest BCUT2D eigenvalue weighted by atomic mass is 19.4. The molecule has 2 atom stereocenters. The third-order valence-corrected chi connectivity index (χ3v) is 5.93. The van der Waals surface area contributed by atoms with Crippen molar-refractivity contribution in [3.63, 3.8) is 0 Å². The number of esters is 2. The van der Waals surface area contributed by atoms with Crippen molar-refractivity contribution in [2.24, 2.45) is 0 Å². The van der Waals surface area contributed by atoms with Crippen LogP contribution < -0.4 is 0 Å². The molecule has 0 saturated carbocycles. The first-order chi connectivity index (χ1) is 19.4. The standard InChI is InChI=1S/C20H8F18O6/c21-11(22,17(33)13(25,26)15(29,30)19(35,36)43-17)5-41-9(39)7-1-2-8(4-3-7)10(40)42-6-12(23,24)18(34)14(27,28)16(31,32)20(37,38)44-18/h1-4H,5-6H2. The van der Waals surface area contributed by atoms with Gasteiger partial charge < -0.3 is 9.47 Å². The average molecular weight is 686 g/mol. The summed E-state index contributed by atoms with van der Waals surface area (Å²) in [7, 11) is 0. The van der Waals surface area contributed by atoms with E-state index in [2.05, 4.69) is 18.9 Å². The molecular formula is C20H8F18O6. The quantitative estimate of drug-likeness (QED) is 0.234. The molecule has 2 aliphatic heterocycles. The second kappa shape index (κ2) is 9.66. The van der Waals surface area contributed by atoms with E-state index in [0.29, 0.717) is 24.3 Å². The summed E-state index contributed by atoms with van der Waals surface area (Å²) < 4.78 is 255. The summed E-state index contributed by atoms with van der Waals surface area (Å²) in [6, 6.07) is 1.26. The summed E-state index contributed by atoms with van der Waals surface area (Å²) in [5.74, 6) is -56.6. The number of benzene rings is 1. The fourth-order valence-electron chi connectivity index (χ4n) is 3.39. The molecule has 6 nitrogen and oxygen atoms in total. The summed E-state index contributed by atoms with van der Waals surface area (Å²) in [4.78, 5) is 23.7. The molecule has 2 aliphatic rings. The Morgan fingerprint density at radius 1 is 0.523 bits per heavy atom. The number of halogens is 18. The fraction of sp³-hybridized carbons (Fsp3) is 0.600. The Balaban J connectivity index is 1.67. The van der Waals surface area contributed by atoms with Gasteiger partial charge in [0.2, 0.25) is 0 Å². The Kier molecular flexibility index (Phi) is 7.75. The highest BCUT2D eigenvalue weighted by Gasteiger charge is 2.96. The lowest BCUT2D eigenvalue weighted by atomic mass is 10.0. The Labute approximate surface area is 228 Å². The van der Waals surface area contributed by atoms with Crippen LogP contribution in [-0.4, -0.2) is 84.6 Å². The molecule has 2 heterocycles. The lowest BCUT2D eigenvalue weighted by molar-refractivity contribution is -0.379. The van der Waals surface area contributed by atoms with E-state index in [-0.39, 0.29) is 0 Å². The van der Waals surface area contributed by atoms with Gasteiger partial charge in [-0.2, -0.15) is 79.0 Å². The van der Waals surface area contributed by atoms with Crippen LogP contribution in [0.25, 0.3) is 0 Å². The van der Waals surface area contributed by atoms with Gasteiger partial charge >= 0.3 is 71.4 Å². The minimum absolute atomic E-state index is 0.315. The van der Waals surface area contributed by atoms with Gasteiger partial charge in [-0.15, -0.1) is 0 Å². The molecule has 44 heavy (non-hydrogen) atoms. The van der Waals surface area contributed by atoms with Crippen molar-refractivity contribution < 1.29 is 108 Å². The van der Waals surface area contributed by atoms with Crippen LogP contribution in [0.1, 0.15) is 20.7 Å². The Morgan fingerprint density at radius 3 is 0.977 bits per heavy atom. The maximum atomic E-state index is 14.1. The van der Waals surface area contributed by atoms with Crippen LogP contribution in [-0.2, 0) is 18.9 Å². The second-order valence-corrected chi connectivity index (χ2v) is 8.86. The topological polar surface area (TPSA) is 71.1 Å². The van der Waals surface area contributed by atoms with Gasteiger partial charge in [0.25, 0.3) is 0 Å². The largest absolute Gasteiger partial charge is 0.455 e. The normalized spacial score (nSPS) is 29.7. The zero-order chi connectivity index (χ0) is 34.4. The fourth-order valence-corrected chi connectivity index (χ4v) is 3.39. The van der Waals surface area contributed by atoms with Crippen molar-refractivity contribution >= 4 is 11.9 Å². The van der Waals surface area contributed by atoms with Gasteiger partial charge in [-0.05, 0) is 24.3 Å². The van der Waals surface area contributed by atoms with E-state index in [1.54, 1.807) is 0 Å². The number of carbonyl (C=O) groups is 2. The van der Waals surface area contributed by atoms with Crippen molar-refractivity contribution in [1.82, 2.24) is 0 Å².